The van der Waals surface area contributed by atoms with Crippen LogP contribution in [-0.2, 0) is 9.84 Å². The zero-order valence-corrected chi connectivity index (χ0v) is 14.9. The lowest BCUT2D eigenvalue weighted by Crippen LogP contribution is -2.08. The molecule has 1 aromatic heterocycles. The zero-order valence-electron chi connectivity index (χ0n) is 12.5. The van der Waals surface area contributed by atoms with Gasteiger partial charge >= 0.3 is 5.97 Å². The second-order valence-corrected chi connectivity index (χ2v) is 7.69. The number of hydrogen-bond acceptors (Lipinski definition) is 5. The van der Waals surface area contributed by atoms with Crippen molar-refractivity contribution in [3.05, 3.63) is 76.7 Å². The molecule has 25 heavy (non-hydrogen) atoms. The van der Waals surface area contributed by atoms with E-state index in [2.05, 4.69) is 15.9 Å². The third kappa shape index (κ3) is 3.64. The van der Waals surface area contributed by atoms with Crippen molar-refractivity contribution < 1.29 is 26.8 Å². The maximum Gasteiger partial charge on any atom is 0.379 e. The van der Waals surface area contributed by atoms with Gasteiger partial charge < -0.3 is 9.15 Å². The Morgan fingerprint density at radius 3 is 2.36 bits per heavy atom. The number of furan rings is 1. The van der Waals surface area contributed by atoms with Crippen molar-refractivity contribution in [3.8, 4) is 5.75 Å². The van der Waals surface area contributed by atoms with E-state index in [4.69, 9.17) is 9.15 Å². The Morgan fingerprint density at radius 1 is 1.00 bits per heavy atom. The zero-order chi connectivity index (χ0) is 18.0. The summed E-state index contributed by atoms with van der Waals surface area (Å²) in [6.07, 6.45) is 0. The predicted molar refractivity (Wildman–Crippen MR) is 89.7 cm³/mol. The quantitative estimate of drug-likeness (QED) is 0.462. The summed E-state index contributed by atoms with van der Waals surface area (Å²) < 4.78 is 49.2. The average Bonchev–Trinajstić information content (AvgIpc) is 3.08. The van der Waals surface area contributed by atoms with Gasteiger partial charge in [0.1, 0.15) is 0 Å². The van der Waals surface area contributed by atoms with Crippen molar-refractivity contribution in [2.75, 3.05) is 0 Å². The number of sulfone groups is 1. The number of carbonyl (C=O) groups excluding carboxylic acids is 1. The molecule has 128 valence electrons. The van der Waals surface area contributed by atoms with E-state index in [9.17, 15) is 17.6 Å². The molecule has 0 saturated carbocycles. The van der Waals surface area contributed by atoms with E-state index >= 15 is 0 Å². The number of carbonyl (C=O) groups is 1. The molecule has 0 aliphatic rings. The van der Waals surface area contributed by atoms with Crippen LogP contribution in [0.1, 0.15) is 10.6 Å². The first kappa shape index (κ1) is 17.4. The number of rotatable bonds is 4. The van der Waals surface area contributed by atoms with Gasteiger partial charge in [-0.05, 0) is 48.5 Å². The normalized spacial score (nSPS) is 11.3. The Balaban J connectivity index is 1.85. The summed E-state index contributed by atoms with van der Waals surface area (Å²) in [6, 6.07) is 13.6. The molecule has 3 aromatic rings. The van der Waals surface area contributed by atoms with Crippen LogP contribution < -0.4 is 4.74 Å². The van der Waals surface area contributed by atoms with Crippen molar-refractivity contribution in [1.82, 2.24) is 0 Å². The van der Waals surface area contributed by atoms with Crippen LogP contribution in [0.3, 0.4) is 0 Å². The van der Waals surface area contributed by atoms with E-state index in [1.807, 2.05) is 0 Å². The maximum atomic E-state index is 13.5. The molecular formula is C17H10BrFO5S. The summed E-state index contributed by atoms with van der Waals surface area (Å²) in [5.74, 6) is -2.34. The van der Waals surface area contributed by atoms with Gasteiger partial charge in [-0.3, -0.25) is 0 Å². The predicted octanol–water partition coefficient (Wildman–Crippen LogP) is 4.23. The first-order valence-electron chi connectivity index (χ1n) is 6.95. The highest BCUT2D eigenvalue weighted by Gasteiger charge is 2.24. The summed E-state index contributed by atoms with van der Waals surface area (Å²) in [4.78, 5) is 12.0. The molecule has 8 heteroatoms. The second-order valence-electron chi connectivity index (χ2n) is 4.90. The molecule has 0 unspecified atom stereocenters. The van der Waals surface area contributed by atoms with Gasteiger partial charge in [-0.2, -0.15) is 0 Å². The number of halogens is 2. The molecule has 1 heterocycles. The van der Waals surface area contributed by atoms with Gasteiger partial charge in [0.05, 0.1) is 4.90 Å². The standard InChI is InChI=1S/C17H10BrFO5S/c18-11-5-7-12(8-6-11)25(21,22)16-10-9-15(23-16)17(20)24-14-4-2-1-3-13(14)19/h1-10H. The molecule has 0 saturated heterocycles. The van der Waals surface area contributed by atoms with Crippen LogP contribution in [0.5, 0.6) is 5.75 Å². The lowest BCUT2D eigenvalue weighted by atomic mass is 10.3. The first-order chi connectivity index (χ1) is 11.9. The van der Waals surface area contributed by atoms with E-state index in [0.717, 1.165) is 22.7 Å². The summed E-state index contributed by atoms with van der Waals surface area (Å²) in [7, 11) is -3.92. The molecule has 0 spiro atoms. The number of hydrogen-bond donors (Lipinski definition) is 0. The van der Waals surface area contributed by atoms with Gasteiger partial charge in [0.2, 0.25) is 20.7 Å². The van der Waals surface area contributed by atoms with Gasteiger partial charge in [0.25, 0.3) is 0 Å². The van der Waals surface area contributed by atoms with Crippen molar-refractivity contribution in [3.63, 3.8) is 0 Å². The highest BCUT2D eigenvalue weighted by molar-refractivity contribution is 9.10. The highest BCUT2D eigenvalue weighted by atomic mass is 79.9. The minimum atomic E-state index is -3.92. The molecule has 3 rings (SSSR count). The fourth-order valence-corrected chi connectivity index (χ4v) is 3.42. The van der Waals surface area contributed by atoms with Crippen LogP contribution in [0, 0.1) is 5.82 Å². The number of esters is 1. The molecule has 0 amide bonds. The van der Waals surface area contributed by atoms with Gasteiger partial charge in [-0.1, -0.05) is 28.1 Å². The summed E-state index contributed by atoms with van der Waals surface area (Å²) in [5.41, 5.74) is 0. The van der Waals surface area contributed by atoms with E-state index in [1.165, 1.54) is 30.3 Å². The third-order valence-electron chi connectivity index (χ3n) is 3.21. The van der Waals surface area contributed by atoms with Crippen LogP contribution in [-0.4, -0.2) is 14.4 Å². The Morgan fingerprint density at radius 2 is 1.68 bits per heavy atom. The minimum absolute atomic E-state index is 0.0130. The van der Waals surface area contributed by atoms with E-state index in [-0.39, 0.29) is 16.4 Å². The molecule has 0 atom stereocenters. The van der Waals surface area contributed by atoms with Crippen molar-refractivity contribution >= 4 is 31.7 Å². The number of benzene rings is 2. The monoisotopic (exact) mass is 424 g/mol. The first-order valence-corrected chi connectivity index (χ1v) is 9.23. The summed E-state index contributed by atoms with van der Waals surface area (Å²) >= 11 is 3.22. The smallest absolute Gasteiger partial charge is 0.379 e. The molecule has 0 radical (unpaired) electrons. The van der Waals surface area contributed by atoms with Gasteiger partial charge in [-0.25, -0.2) is 17.6 Å². The number of ether oxygens (including phenoxy) is 1. The molecule has 5 nitrogen and oxygen atoms in total. The topological polar surface area (TPSA) is 73.6 Å². The van der Waals surface area contributed by atoms with Gasteiger partial charge in [0, 0.05) is 4.47 Å². The van der Waals surface area contributed by atoms with Crippen LogP contribution in [0.25, 0.3) is 0 Å². The van der Waals surface area contributed by atoms with Gasteiger partial charge in [0.15, 0.2) is 11.6 Å². The Hall–Kier alpha value is -2.45. The molecule has 0 aliphatic carbocycles. The van der Waals surface area contributed by atoms with Crippen molar-refractivity contribution in [1.29, 1.82) is 0 Å². The molecule has 0 aliphatic heterocycles. The van der Waals surface area contributed by atoms with Crippen LogP contribution in [0.15, 0.2) is 79.5 Å². The highest BCUT2D eigenvalue weighted by Crippen LogP contribution is 2.25. The van der Waals surface area contributed by atoms with Crippen LogP contribution >= 0.6 is 15.9 Å². The van der Waals surface area contributed by atoms with Crippen LogP contribution in [0.2, 0.25) is 0 Å². The Labute approximate surface area is 151 Å². The largest absolute Gasteiger partial charge is 0.437 e. The maximum absolute atomic E-state index is 13.5. The molecular weight excluding hydrogens is 415 g/mol. The average molecular weight is 425 g/mol. The molecule has 0 fully saturated rings. The van der Waals surface area contributed by atoms with Crippen molar-refractivity contribution in [2.45, 2.75) is 9.99 Å². The second kappa shape index (κ2) is 6.81. The Kier molecular flexibility index (Phi) is 4.73. The SMILES string of the molecule is O=C(Oc1ccccc1F)c1ccc(S(=O)(=O)c2ccc(Br)cc2)o1. The summed E-state index contributed by atoms with van der Waals surface area (Å²) in [5, 5.41) is -0.407. The third-order valence-corrected chi connectivity index (χ3v) is 5.38. The summed E-state index contributed by atoms with van der Waals surface area (Å²) in [6.45, 7) is 0. The van der Waals surface area contributed by atoms with E-state index in [0.29, 0.717) is 0 Å². The molecule has 0 N–H and O–H groups in total. The van der Waals surface area contributed by atoms with Crippen molar-refractivity contribution in [2.24, 2.45) is 0 Å². The van der Waals surface area contributed by atoms with Gasteiger partial charge in [-0.15, -0.1) is 0 Å². The fourth-order valence-electron chi connectivity index (χ4n) is 1.98. The fraction of sp³-hybridized carbons (Fsp3) is 0. The molecule has 0 bridgehead atoms. The van der Waals surface area contributed by atoms with Crippen LogP contribution in [0.4, 0.5) is 4.39 Å². The lowest BCUT2D eigenvalue weighted by molar-refractivity contribution is 0.0688. The lowest BCUT2D eigenvalue weighted by Gasteiger charge is -2.03. The minimum Gasteiger partial charge on any atom is -0.437 e. The van der Waals surface area contributed by atoms with E-state index in [1.54, 1.807) is 12.1 Å². The number of para-hydroxylation sites is 1. The molecule has 2 aromatic carbocycles. The van der Waals surface area contributed by atoms with E-state index < -0.39 is 26.7 Å². The Bertz CT molecular complexity index is 1030.